The highest BCUT2D eigenvalue weighted by molar-refractivity contribution is 6.34. The van der Waals surface area contributed by atoms with Gasteiger partial charge in [-0.05, 0) is 38.8 Å². The molecule has 1 aliphatic heterocycles. The van der Waals surface area contributed by atoms with Crippen LogP contribution < -0.4 is 5.56 Å². The fourth-order valence-electron chi connectivity index (χ4n) is 3.45. The van der Waals surface area contributed by atoms with Crippen LogP contribution in [0.4, 0.5) is 0 Å². The fourth-order valence-corrected chi connectivity index (χ4v) is 3.67. The van der Waals surface area contributed by atoms with Crippen molar-refractivity contribution in [2.24, 2.45) is 5.92 Å². The van der Waals surface area contributed by atoms with Crippen LogP contribution in [0.1, 0.15) is 38.4 Å². The summed E-state index contributed by atoms with van der Waals surface area (Å²) in [5.41, 5.74) is 0.273. The second-order valence-corrected chi connectivity index (χ2v) is 6.75. The third-order valence-corrected chi connectivity index (χ3v) is 5.00. The molecular weight excluding hydrogens is 372 g/mol. The van der Waals surface area contributed by atoms with Gasteiger partial charge in [0.15, 0.2) is 5.92 Å². The van der Waals surface area contributed by atoms with Gasteiger partial charge in [0.25, 0.3) is 5.56 Å². The number of para-hydroxylation sites is 1. The molecule has 2 aromatic rings. The van der Waals surface area contributed by atoms with Gasteiger partial charge in [0, 0.05) is 12.5 Å². The van der Waals surface area contributed by atoms with Crippen LogP contribution in [0.3, 0.4) is 0 Å². The number of aromatic nitrogens is 2. The van der Waals surface area contributed by atoms with E-state index in [0.717, 1.165) is 0 Å². The van der Waals surface area contributed by atoms with Crippen LogP contribution in [0, 0.1) is 5.92 Å². The molecule has 144 valence electrons. The SMILES string of the molecule is CCOC(=O)C(CC1CCn2c1nc1c(Cl)cccc1c2=O)C(=O)OCC. The lowest BCUT2D eigenvalue weighted by molar-refractivity contribution is -0.162. The molecule has 0 bridgehead atoms. The van der Waals surface area contributed by atoms with Gasteiger partial charge in [-0.1, -0.05) is 17.7 Å². The topological polar surface area (TPSA) is 87.5 Å². The molecule has 0 saturated heterocycles. The van der Waals surface area contributed by atoms with E-state index >= 15 is 0 Å². The average Bonchev–Trinajstić information content (AvgIpc) is 3.04. The van der Waals surface area contributed by atoms with Gasteiger partial charge in [0.05, 0.1) is 29.1 Å². The zero-order chi connectivity index (χ0) is 19.6. The fraction of sp³-hybridized carbons (Fsp3) is 0.474. The Balaban J connectivity index is 1.97. The number of hydrogen-bond donors (Lipinski definition) is 0. The van der Waals surface area contributed by atoms with E-state index in [4.69, 9.17) is 21.1 Å². The van der Waals surface area contributed by atoms with Gasteiger partial charge in [-0.3, -0.25) is 19.0 Å². The third-order valence-electron chi connectivity index (χ3n) is 4.69. The highest BCUT2D eigenvalue weighted by Crippen LogP contribution is 2.33. The van der Waals surface area contributed by atoms with Crippen LogP contribution in [-0.4, -0.2) is 34.7 Å². The lowest BCUT2D eigenvalue weighted by Gasteiger charge is -2.18. The van der Waals surface area contributed by atoms with Gasteiger partial charge >= 0.3 is 11.9 Å². The summed E-state index contributed by atoms with van der Waals surface area (Å²) in [6, 6.07) is 5.08. The molecule has 7 nitrogen and oxygen atoms in total. The molecule has 0 radical (unpaired) electrons. The number of hydrogen-bond acceptors (Lipinski definition) is 6. The lowest BCUT2D eigenvalue weighted by atomic mass is 9.93. The second kappa shape index (κ2) is 8.08. The smallest absolute Gasteiger partial charge is 0.320 e. The Bertz CT molecular complexity index is 922. The molecule has 0 saturated carbocycles. The first kappa shape index (κ1) is 19.4. The van der Waals surface area contributed by atoms with E-state index in [-0.39, 0.29) is 31.1 Å². The standard InChI is InChI=1S/C19H21ClN2O5/c1-3-26-18(24)13(19(25)27-4-2)10-11-8-9-22-16(11)21-15-12(17(22)23)6-5-7-14(15)20/h5-7,11,13H,3-4,8-10H2,1-2H3. The molecule has 1 aromatic carbocycles. The average molecular weight is 393 g/mol. The zero-order valence-corrected chi connectivity index (χ0v) is 16.0. The van der Waals surface area contributed by atoms with Crippen molar-refractivity contribution < 1.29 is 19.1 Å². The molecule has 0 aliphatic carbocycles. The van der Waals surface area contributed by atoms with E-state index in [1.54, 1.807) is 36.6 Å². The molecule has 27 heavy (non-hydrogen) atoms. The van der Waals surface area contributed by atoms with Gasteiger partial charge in [-0.2, -0.15) is 0 Å². The summed E-state index contributed by atoms with van der Waals surface area (Å²) in [7, 11) is 0. The summed E-state index contributed by atoms with van der Waals surface area (Å²) < 4.78 is 11.7. The monoisotopic (exact) mass is 392 g/mol. The van der Waals surface area contributed by atoms with Crippen LogP contribution in [-0.2, 0) is 25.6 Å². The minimum atomic E-state index is -1.04. The number of nitrogens with zero attached hydrogens (tertiary/aromatic N) is 2. The molecule has 3 rings (SSSR count). The molecule has 0 amide bonds. The van der Waals surface area contributed by atoms with Gasteiger partial charge in [-0.15, -0.1) is 0 Å². The molecule has 0 spiro atoms. The first-order valence-corrected chi connectivity index (χ1v) is 9.37. The number of carbonyl (C=O) groups is 2. The van der Waals surface area contributed by atoms with Gasteiger partial charge in [0.1, 0.15) is 5.82 Å². The van der Waals surface area contributed by atoms with E-state index in [1.165, 1.54) is 0 Å². The maximum atomic E-state index is 12.8. The highest BCUT2D eigenvalue weighted by Gasteiger charge is 2.36. The van der Waals surface area contributed by atoms with Crippen molar-refractivity contribution in [1.82, 2.24) is 9.55 Å². The van der Waals surface area contributed by atoms with Crippen molar-refractivity contribution >= 4 is 34.4 Å². The molecule has 2 heterocycles. The van der Waals surface area contributed by atoms with Crippen LogP contribution in [0.15, 0.2) is 23.0 Å². The first-order valence-electron chi connectivity index (χ1n) is 9.00. The minimum absolute atomic E-state index is 0.163. The summed E-state index contributed by atoms with van der Waals surface area (Å²) in [4.78, 5) is 41.9. The van der Waals surface area contributed by atoms with E-state index in [1.807, 2.05) is 0 Å². The van der Waals surface area contributed by atoms with Crippen LogP contribution in [0.25, 0.3) is 10.9 Å². The summed E-state index contributed by atoms with van der Waals surface area (Å²) in [6.45, 7) is 4.19. The van der Waals surface area contributed by atoms with Crippen molar-refractivity contribution in [3.63, 3.8) is 0 Å². The van der Waals surface area contributed by atoms with Gasteiger partial charge in [-0.25, -0.2) is 4.98 Å². The largest absolute Gasteiger partial charge is 0.465 e. The summed E-state index contributed by atoms with van der Waals surface area (Å²) >= 11 is 6.21. The Morgan fingerprint density at radius 2 is 1.93 bits per heavy atom. The number of esters is 2. The number of ether oxygens (including phenoxy) is 2. The third kappa shape index (κ3) is 3.69. The summed E-state index contributed by atoms with van der Waals surface area (Å²) in [6.07, 6.45) is 0.783. The van der Waals surface area contributed by atoms with Crippen molar-refractivity contribution in [2.75, 3.05) is 13.2 Å². The van der Waals surface area contributed by atoms with E-state index < -0.39 is 17.9 Å². The maximum Gasteiger partial charge on any atom is 0.320 e. The molecule has 1 atom stereocenters. The van der Waals surface area contributed by atoms with E-state index in [2.05, 4.69) is 4.98 Å². The Kier molecular flexibility index (Phi) is 5.79. The maximum absolute atomic E-state index is 12.8. The van der Waals surface area contributed by atoms with Crippen molar-refractivity contribution in [3.8, 4) is 0 Å². The number of fused-ring (bicyclic) bond motifs is 2. The molecule has 1 unspecified atom stereocenters. The quantitative estimate of drug-likeness (QED) is 0.554. The molecule has 0 fully saturated rings. The van der Waals surface area contributed by atoms with Crippen LogP contribution >= 0.6 is 11.6 Å². The first-order chi connectivity index (χ1) is 13.0. The zero-order valence-electron chi connectivity index (χ0n) is 15.2. The molecule has 1 aliphatic rings. The molecule has 0 N–H and O–H groups in total. The molecular formula is C19H21ClN2O5. The van der Waals surface area contributed by atoms with Crippen molar-refractivity contribution in [3.05, 3.63) is 39.4 Å². The van der Waals surface area contributed by atoms with Crippen LogP contribution in [0.5, 0.6) is 0 Å². The predicted octanol–water partition coefficient (Wildman–Crippen LogP) is 2.67. The predicted molar refractivity (Wildman–Crippen MR) is 99.7 cm³/mol. The number of carbonyl (C=O) groups excluding carboxylic acids is 2. The Morgan fingerprint density at radius 3 is 2.56 bits per heavy atom. The summed E-state index contributed by atoms with van der Waals surface area (Å²) in [5.74, 6) is -1.97. The van der Waals surface area contributed by atoms with Crippen molar-refractivity contribution in [2.45, 2.75) is 39.2 Å². The summed E-state index contributed by atoms with van der Waals surface area (Å²) in [5, 5.41) is 0.852. The van der Waals surface area contributed by atoms with E-state index in [9.17, 15) is 14.4 Å². The van der Waals surface area contributed by atoms with Crippen LogP contribution in [0.2, 0.25) is 5.02 Å². The highest BCUT2D eigenvalue weighted by atomic mass is 35.5. The van der Waals surface area contributed by atoms with E-state index in [0.29, 0.717) is 34.7 Å². The molecule has 1 aromatic heterocycles. The second-order valence-electron chi connectivity index (χ2n) is 6.34. The minimum Gasteiger partial charge on any atom is -0.465 e. The Hall–Kier alpha value is -2.41. The van der Waals surface area contributed by atoms with Gasteiger partial charge in [0.2, 0.25) is 0 Å². The number of halogens is 1. The normalized spacial score (nSPS) is 15.8. The number of benzene rings is 1. The van der Waals surface area contributed by atoms with Gasteiger partial charge < -0.3 is 9.47 Å². The number of rotatable bonds is 6. The molecule has 8 heteroatoms. The Labute approximate surface area is 161 Å². The lowest BCUT2D eigenvalue weighted by Crippen LogP contribution is -2.30. The Morgan fingerprint density at radius 1 is 1.26 bits per heavy atom. The van der Waals surface area contributed by atoms with Crippen molar-refractivity contribution in [1.29, 1.82) is 0 Å².